The summed E-state index contributed by atoms with van der Waals surface area (Å²) in [5.41, 5.74) is 5.42. The number of aromatic amines is 2. The van der Waals surface area contributed by atoms with Gasteiger partial charge in [-0.05, 0) is 90.8 Å². The summed E-state index contributed by atoms with van der Waals surface area (Å²) in [5.74, 6) is 1.09. The van der Waals surface area contributed by atoms with Crippen LogP contribution in [0.1, 0.15) is 28.4 Å². The molecule has 0 atom stereocenters. The maximum absolute atomic E-state index is 11.5. The number of H-pyrrole nitrogens is 2. The molecule has 0 aliphatic rings. The highest BCUT2D eigenvalue weighted by atomic mass is 17.2. The van der Waals surface area contributed by atoms with Crippen LogP contribution in [0.15, 0.2) is 84.9 Å². The van der Waals surface area contributed by atoms with E-state index >= 15 is 0 Å². The van der Waals surface area contributed by atoms with Crippen LogP contribution < -0.4 is 14.5 Å². The SMILES string of the molecule is CCOC(=O)c1ccc(OOCc2ccc3n[nH]nc3c2)cc1.O=COc1ccc(OOCc2ccc3n[nH]nc3c2)cc1. The number of nitrogens with one attached hydrogen (secondary N) is 2. The molecule has 0 aliphatic heterocycles. The van der Waals surface area contributed by atoms with E-state index in [1.165, 1.54) is 0 Å². The summed E-state index contributed by atoms with van der Waals surface area (Å²) in [7, 11) is 0. The van der Waals surface area contributed by atoms with Crippen molar-refractivity contribution in [2.75, 3.05) is 6.61 Å². The van der Waals surface area contributed by atoms with Crippen molar-refractivity contribution in [3.8, 4) is 17.2 Å². The average Bonchev–Trinajstić information content (AvgIpc) is 3.72. The van der Waals surface area contributed by atoms with Crippen molar-refractivity contribution in [1.82, 2.24) is 30.8 Å². The maximum atomic E-state index is 11.5. The molecule has 14 nitrogen and oxygen atoms in total. The largest absolute Gasteiger partial charge is 0.462 e. The molecule has 0 bridgehead atoms. The van der Waals surface area contributed by atoms with E-state index < -0.39 is 0 Å². The topological polar surface area (TPSA) is 173 Å². The minimum Gasteiger partial charge on any atom is -0.462 e. The third kappa shape index (κ3) is 8.12. The lowest BCUT2D eigenvalue weighted by molar-refractivity contribution is -0.217. The lowest BCUT2D eigenvalue weighted by Gasteiger charge is -2.06. The van der Waals surface area contributed by atoms with Gasteiger partial charge in [-0.2, -0.15) is 40.6 Å². The fourth-order valence-electron chi connectivity index (χ4n) is 3.77. The quantitative estimate of drug-likeness (QED) is 0.0865. The number of esters is 1. The normalized spacial score (nSPS) is 10.6. The molecule has 2 aromatic heterocycles. The van der Waals surface area contributed by atoms with Gasteiger partial charge in [-0.15, -0.1) is 0 Å². The van der Waals surface area contributed by atoms with Crippen LogP contribution in [-0.4, -0.2) is 49.9 Å². The van der Waals surface area contributed by atoms with E-state index in [1.54, 1.807) is 55.5 Å². The number of carbonyl (C=O) groups is 2. The molecular weight excluding hydrogens is 572 g/mol. The number of benzene rings is 4. The smallest absolute Gasteiger partial charge is 0.338 e. The number of hydrogen-bond acceptors (Lipinski definition) is 12. The molecule has 4 aromatic carbocycles. The minimum absolute atomic E-state index is 0.266. The van der Waals surface area contributed by atoms with Crippen molar-refractivity contribution in [3.05, 3.63) is 102 Å². The zero-order valence-electron chi connectivity index (χ0n) is 23.3. The Labute approximate surface area is 249 Å². The zero-order chi connectivity index (χ0) is 30.6. The average molecular weight is 599 g/mol. The van der Waals surface area contributed by atoms with Crippen LogP contribution >= 0.6 is 0 Å². The van der Waals surface area contributed by atoms with E-state index in [-0.39, 0.29) is 19.2 Å². The number of aromatic nitrogens is 6. The van der Waals surface area contributed by atoms with E-state index in [9.17, 15) is 9.59 Å². The maximum Gasteiger partial charge on any atom is 0.338 e. The summed E-state index contributed by atoms with van der Waals surface area (Å²) < 4.78 is 9.59. The molecule has 6 rings (SSSR count). The van der Waals surface area contributed by atoms with Gasteiger partial charge in [0, 0.05) is 0 Å². The number of ether oxygens (including phenoxy) is 2. The van der Waals surface area contributed by atoms with Gasteiger partial charge in [0.1, 0.15) is 41.0 Å². The van der Waals surface area contributed by atoms with Crippen LogP contribution in [0, 0.1) is 0 Å². The molecule has 0 unspecified atom stereocenters. The third-order valence-corrected chi connectivity index (χ3v) is 5.90. The Morgan fingerprint density at radius 2 is 1.14 bits per heavy atom. The lowest BCUT2D eigenvalue weighted by Crippen LogP contribution is -2.04. The highest BCUT2D eigenvalue weighted by Gasteiger charge is 2.07. The number of nitrogens with zero attached hydrogens (tertiary/aromatic N) is 4. The molecule has 0 saturated carbocycles. The number of hydrogen-bond donors (Lipinski definition) is 2. The summed E-state index contributed by atoms with van der Waals surface area (Å²) in [6.07, 6.45) is 0. The van der Waals surface area contributed by atoms with Crippen LogP contribution in [0.3, 0.4) is 0 Å². The van der Waals surface area contributed by atoms with Gasteiger partial charge in [-0.25, -0.2) is 4.79 Å². The van der Waals surface area contributed by atoms with Crippen LogP contribution in [0.2, 0.25) is 0 Å². The molecule has 0 saturated heterocycles. The molecule has 2 heterocycles. The first-order valence-corrected chi connectivity index (χ1v) is 13.3. The van der Waals surface area contributed by atoms with Crippen molar-refractivity contribution < 1.29 is 38.6 Å². The Hall–Kier alpha value is -5.86. The van der Waals surface area contributed by atoms with Crippen molar-refractivity contribution in [3.63, 3.8) is 0 Å². The Bertz CT molecular complexity index is 1800. The molecule has 0 fully saturated rings. The minimum atomic E-state index is -0.360. The van der Waals surface area contributed by atoms with Crippen LogP contribution in [-0.2, 0) is 32.5 Å². The molecule has 14 heteroatoms. The first-order valence-electron chi connectivity index (χ1n) is 13.3. The molecular formula is C30H26N6O8. The zero-order valence-corrected chi connectivity index (χ0v) is 23.3. The highest BCUT2D eigenvalue weighted by Crippen LogP contribution is 2.19. The van der Waals surface area contributed by atoms with Gasteiger partial charge in [0.2, 0.25) is 0 Å². The predicted octanol–water partition coefficient (Wildman–Crippen LogP) is 4.65. The monoisotopic (exact) mass is 598 g/mol. The summed E-state index contributed by atoms with van der Waals surface area (Å²) >= 11 is 0. The van der Waals surface area contributed by atoms with E-state index in [1.807, 2.05) is 36.4 Å². The number of fused-ring (bicyclic) bond motifs is 2. The molecule has 0 radical (unpaired) electrons. The van der Waals surface area contributed by atoms with Crippen LogP contribution in [0.25, 0.3) is 22.1 Å². The van der Waals surface area contributed by atoms with E-state index in [2.05, 4.69) is 35.6 Å². The fraction of sp³-hybridized carbons (Fsp3) is 0.133. The first-order chi connectivity index (χ1) is 21.6. The Kier molecular flexibility index (Phi) is 10.0. The Balaban J connectivity index is 0.000000175. The molecule has 44 heavy (non-hydrogen) atoms. The predicted molar refractivity (Wildman–Crippen MR) is 154 cm³/mol. The van der Waals surface area contributed by atoms with Gasteiger partial charge < -0.3 is 19.2 Å². The molecule has 224 valence electrons. The van der Waals surface area contributed by atoms with Crippen LogP contribution in [0.5, 0.6) is 17.2 Å². The summed E-state index contributed by atoms with van der Waals surface area (Å²) in [5, 5.41) is 21.1. The fourth-order valence-corrected chi connectivity index (χ4v) is 3.77. The van der Waals surface area contributed by atoms with E-state index in [0.717, 1.165) is 33.2 Å². The Morgan fingerprint density at radius 1 is 0.659 bits per heavy atom. The summed E-state index contributed by atoms with van der Waals surface area (Å²) in [4.78, 5) is 42.4. The van der Waals surface area contributed by atoms with Gasteiger partial charge in [0.15, 0.2) is 11.5 Å². The Morgan fingerprint density at radius 3 is 1.64 bits per heavy atom. The second-order valence-corrected chi connectivity index (χ2v) is 8.91. The van der Waals surface area contributed by atoms with E-state index in [4.69, 9.17) is 24.3 Å². The van der Waals surface area contributed by atoms with Gasteiger partial charge in [-0.3, -0.25) is 4.79 Å². The van der Waals surface area contributed by atoms with Crippen molar-refractivity contribution in [2.24, 2.45) is 0 Å². The number of carbonyl (C=O) groups excluding carboxylic acids is 2. The van der Waals surface area contributed by atoms with Gasteiger partial charge >= 0.3 is 5.97 Å². The highest BCUT2D eigenvalue weighted by molar-refractivity contribution is 5.89. The summed E-state index contributed by atoms with van der Waals surface area (Å²) in [6, 6.07) is 24.2. The van der Waals surface area contributed by atoms with Gasteiger partial charge in [0.05, 0.1) is 12.2 Å². The van der Waals surface area contributed by atoms with Crippen molar-refractivity contribution in [2.45, 2.75) is 20.1 Å². The first kappa shape index (κ1) is 29.6. The lowest BCUT2D eigenvalue weighted by atomic mass is 10.2. The number of rotatable bonds is 12. The molecule has 0 aliphatic carbocycles. The van der Waals surface area contributed by atoms with Crippen molar-refractivity contribution >= 4 is 34.5 Å². The van der Waals surface area contributed by atoms with Gasteiger partial charge in [-0.1, -0.05) is 12.1 Å². The van der Waals surface area contributed by atoms with E-state index in [0.29, 0.717) is 35.9 Å². The molecule has 6 aromatic rings. The second-order valence-electron chi connectivity index (χ2n) is 8.91. The summed E-state index contributed by atoms with van der Waals surface area (Å²) in [6.45, 7) is 3.01. The standard InChI is InChI=1S/C16H15N3O4.C14H11N3O4/c1-2-21-16(20)12-4-6-13(7-5-12)23-22-10-11-3-8-14-15(9-11)18-19-17-14;18-9-19-11-2-4-12(5-3-11)21-20-8-10-1-6-13-14(7-10)16-17-15-13/h3-9H,2,10H2,1H3,(H,17,18,19);1-7,9H,8H2,(H,15,16,17). The molecule has 2 N–H and O–H groups in total. The second kappa shape index (κ2) is 14.9. The van der Waals surface area contributed by atoms with Crippen molar-refractivity contribution in [1.29, 1.82) is 0 Å². The molecule has 0 amide bonds. The van der Waals surface area contributed by atoms with Crippen LogP contribution in [0.4, 0.5) is 0 Å². The van der Waals surface area contributed by atoms with Gasteiger partial charge in [0.25, 0.3) is 6.47 Å². The third-order valence-electron chi connectivity index (χ3n) is 5.90. The molecule has 0 spiro atoms.